The van der Waals surface area contributed by atoms with Crippen LogP contribution in [0, 0.1) is 17.6 Å². The fourth-order valence-electron chi connectivity index (χ4n) is 3.48. The van der Waals surface area contributed by atoms with Gasteiger partial charge in [0.25, 0.3) is 0 Å². The zero-order valence-electron chi connectivity index (χ0n) is 15.9. The molecule has 2 aromatic carbocycles. The number of ether oxygens (including phenoxy) is 1. The molecule has 0 bridgehead atoms. The number of carbonyl (C=O) groups is 2. The van der Waals surface area contributed by atoms with Gasteiger partial charge in [-0.2, -0.15) is 13.2 Å². The Kier molecular flexibility index (Phi) is 5.69. The van der Waals surface area contributed by atoms with Crippen molar-refractivity contribution in [3.63, 3.8) is 0 Å². The first kappa shape index (κ1) is 21.5. The smallest absolute Gasteiger partial charge is 0.419 e. The molecule has 1 fully saturated rings. The molecular weight excluding hydrogens is 411 g/mol. The van der Waals surface area contributed by atoms with E-state index in [1.807, 2.05) is 0 Å². The van der Waals surface area contributed by atoms with Gasteiger partial charge in [-0.25, -0.2) is 8.78 Å². The monoisotopic (exact) mass is 428 g/mol. The van der Waals surface area contributed by atoms with Crippen molar-refractivity contribution >= 4 is 17.5 Å². The van der Waals surface area contributed by atoms with Crippen LogP contribution in [0.1, 0.15) is 17.0 Å². The van der Waals surface area contributed by atoms with Crippen LogP contribution in [0.15, 0.2) is 36.4 Å². The number of hydrogen-bond donors (Lipinski definition) is 1. The number of amides is 2. The van der Waals surface area contributed by atoms with Crippen molar-refractivity contribution in [1.82, 2.24) is 4.90 Å². The molecule has 160 valence electrons. The number of likely N-dealkylation sites (N-methyl/N-ethyl adjacent to an activating group) is 1. The maximum Gasteiger partial charge on any atom is 0.419 e. The standard InChI is InChI=1S/C20H17F5N2O3/c1-27-9-11(10-6-7-12(20(23,24)25)15(8-10)30-2)16(19(27)29)18(28)26-14-5-3-4-13(21)17(14)22/h3-8,11,16H,9H2,1-2H3,(H,26,28)/t11-,16+/m1/s1. The van der Waals surface area contributed by atoms with Gasteiger partial charge in [-0.1, -0.05) is 12.1 Å². The van der Waals surface area contributed by atoms with Crippen LogP contribution in [-0.2, 0) is 15.8 Å². The minimum Gasteiger partial charge on any atom is -0.496 e. The van der Waals surface area contributed by atoms with Gasteiger partial charge in [-0.3, -0.25) is 9.59 Å². The zero-order chi connectivity index (χ0) is 22.2. The van der Waals surface area contributed by atoms with E-state index in [0.717, 1.165) is 31.4 Å². The van der Waals surface area contributed by atoms with Crippen LogP contribution in [0.5, 0.6) is 5.75 Å². The lowest BCUT2D eigenvalue weighted by molar-refractivity contribution is -0.139. The molecular formula is C20H17F5N2O3. The van der Waals surface area contributed by atoms with Crippen molar-refractivity contribution in [2.24, 2.45) is 5.92 Å². The number of anilines is 1. The van der Waals surface area contributed by atoms with Crippen LogP contribution in [-0.4, -0.2) is 37.4 Å². The number of carbonyl (C=O) groups excluding carboxylic acids is 2. The summed E-state index contributed by atoms with van der Waals surface area (Å²) in [6, 6.07) is 6.31. The average Bonchev–Trinajstić information content (AvgIpc) is 2.99. The van der Waals surface area contributed by atoms with E-state index in [2.05, 4.69) is 5.32 Å². The molecule has 10 heteroatoms. The number of benzene rings is 2. The third-order valence-corrected chi connectivity index (χ3v) is 4.97. The van der Waals surface area contributed by atoms with Gasteiger partial charge in [0.1, 0.15) is 11.7 Å². The van der Waals surface area contributed by atoms with Gasteiger partial charge in [0, 0.05) is 19.5 Å². The Balaban J connectivity index is 1.95. The fourth-order valence-corrected chi connectivity index (χ4v) is 3.48. The molecule has 1 saturated heterocycles. The van der Waals surface area contributed by atoms with E-state index in [9.17, 15) is 31.5 Å². The summed E-state index contributed by atoms with van der Waals surface area (Å²) in [4.78, 5) is 26.5. The highest BCUT2D eigenvalue weighted by Gasteiger charge is 2.45. The summed E-state index contributed by atoms with van der Waals surface area (Å²) in [5, 5.41) is 2.20. The highest BCUT2D eigenvalue weighted by molar-refractivity contribution is 6.08. The molecule has 0 aliphatic carbocycles. The molecule has 0 aromatic heterocycles. The third kappa shape index (κ3) is 3.94. The molecule has 0 unspecified atom stereocenters. The number of methoxy groups -OCH3 is 1. The van der Waals surface area contributed by atoms with Gasteiger partial charge in [-0.05, 0) is 29.8 Å². The molecule has 2 amide bonds. The summed E-state index contributed by atoms with van der Waals surface area (Å²) >= 11 is 0. The Labute approximate surface area is 168 Å². The Morgan fingerprint density at radius 2 is 1.90 bits per heavy atom. The maximum absolute atomic E-state index is 13.9. The topological polar surface area (TPSA) is 58.6 Å². The Hall–Kier alpha value is -3.17. The zero-order valence-corrected chi connectivity index (χ0v) is 15.9. The van der Waals surface area contributed by atoms with Crippen LogP contribution in [0.2, 0.25) is 0 Å². The second kappa shape index (κ2) is 7.92. The van der Waals surface area contributed by atoms with Gasteiger partial charge in [0.2, 0.25) is 11.8 Å². The highest BCUT2D eigenvalue weighted by atomic mass is 19.4. The molecule has 1 aliphatic rings. The molecule has 1 heterocycles. The summed E-state index contributed by atoms with van der Waals surface area (Å²) in [5.41, 5.74) is -1.15. The Morgan fingerprint density at radius 3 is 2.53 bits per heavy atom. The van der Waals surface area contributed by atoms with Gasteiger partial charge >= 0.3 is 6.18 Å². The Bertz CT molecular complexity index is 993. The lowest BCUT2D eigenvalue weighted by atomic mass is 9.87. The van der Waals surface area contributed by atoms with Crippen molar-refractivity contribution in [3.05, 3.63) is 59.2 Å². The summed E-state index contributed by atoms with van der Waals surface area (Å²) in [6.45, 7) is 0.0527. The van der Waals surface area contributed by atoms with Crippen LogP contribution >= 0.6 is 0 Å². The quantitative estimate of drug-likeness (QED) is 0.596. The number of nitrogens with one attached hydrogen (secondary N) is 1. The molecule has 2 atom stereocenters. The third-order valence-electron chi connectivity index (χ3n) is 4.97. The van der Waals surface area contributed by atoms with Crippen LogP contribution in [0.4, 0.5) is 27.6 Å². The predicted octanol–water partition coefficient (Wildman–Crippen LogP) is 3.80. The van der Waals surface area contributed by atoms with Gasteiger partial charge < -0.3 is 15.0 Å². The SMILES string of the molecule is COc1cc([C@H]2CN(C)C(=O)[C@@H]2C(=O)Nc2cccc(F)c2F)ccc1C(F)(F)F. The molecule has 1 aliphatic heterocycles. The van der Waals surface area contributed by atoms with E-state index >= 15 is 0 Å². The summed E-state index contributed by atoms with van der Waals surface area (Å²) in [6.07, 6.45) is -4.64. The average molecular weight is 428 g/mol. The number of nitrogens with zero attached hydrogens (tertiary/aromatic N) is 1. The lowest BCUT2D eigenvalue weighted by Gasteiger charge is -2.19. The summed E-state index contributed by atoms with van der Waals surface area (Å²) < 4.78 is 71.5. The number of rotatable bonds is 4. The van der Waals surface area contributed by atoms with Crippen LogP contribution < -0.4 is 10.1 Å². The largest absolute Gasteiger partial charge is 0.496 e. The molecule has 5 nitrogen and oxygen atoms in total. The molecule has 0 spiro atoms. The van der Waals surface area contributed by atoms with E-state index in [0.29, 0.717) is 0 Å². The lowest BCUT2D eigenvalue weighted by Crippen LogP contribution is -2.33. The second-order valence-electron chi connectivity index (χ2n) is 6.85. The van der Waals surface area contributed by atoms with Crippen LogP contribution in [0.3, 0.4) is 0 Å². The normalized spacial score (nSPS) is 19.2. The minimum absolute atomic E-state index is 0.0527. The van der Waals surface area contributed by atoms with Crippen molar-refractivity contribution in [3.8, 4) is 5.75 Å². The number of halogens is 5. The number of alkyl halides is 3. The van der Waals surface area contributed by atoms with Gasteiger partial charge in [-0.15, -0.1) is 0 Å². The van der Waals surface area contributed by atoms with Gasteiger partial charge in [0.15, 0.2) is 11.6 Å². The molecule has 1 N–H and O–H groups in total. The highest BCUT2D eigenvalue weighted by Crippen LogP contribution is 2.40. The molecule has 0 radical (unpaired) electrons. The molecule has 0 saturated carbocycles. The first-order chi connectivity index (χ1) is 14.0. The molecule has 3 rings (SSSR count). The first-order valence-corrected chi connectivity index (χ1v) is 8.79. The molecule has 2 aromatic rings. The number of hydrogen-bond acceptors (Lipinski definition) is 3. The second-order valence-corrected chi connectivity index (χ2v) is 6.85. The minimum atomic E-state index is -4.64. The summed E-state index contributed by atoms with van der Waals surface area (Å²) in [5.74, 6) is -6.53. The van der Waals surface area contributed by atoms with E-state index < -0.39 is 58.5 Å². The van der Waals surface area contributed by atoms with Crippen molar-refractivity contribution in [1.29, 1.82) is 0 Å². The van der Waals surface area contributed by atoms with Crippen molar-refractivity contribution < 1.29 is 36.3 Å². The Morgan fingerprint density at radius 1 is 1.20 bits per heavy atom. The molecule has 30 heavy (non-hydrogen) atoms. The summed E-state index contributed by atoms with van der Waals surface area (Å²) in [7, 11) is 2.52. The fraction of sp³-hybridized carbons (Fsp3) is 0.300. The van der Waals surface area contributed by atoms with E-state index in [1.165, 1.54) is 24.1 Å². The van der Waals surface area contributed by atoms with Crippen LogP contribution in [0.25, 0.3) is 0 Å². The van der Waals surface area contributed by atoms with Crippen molar-refractivity contribution in [2.45, 2.75) is 12.1 Å². The van der Waals surface area contributed by atoms with Gasteiger partial charge in [0.05, 0.1) is 18.4 Å². The first-order valence-electron chi connectivity index (χ1n) is 8.79. The van der Waals surface area contributed by atoms with E-state index in [4.69, 9.17) is 4.74 Å². The number of likely N-dealkylation sites (tertiary alicyclic amines) is 1. The predicted molar refractivity (Wildman–Crippen MR) is 96.9 cm³/mol. The van der Waals surface area contributed by atoms with Crippen molar-refractivity contribution in [2.75, 3.05) is 26.0 Å². The maximum atomic E-state index is 13.9. The van der Waals surface area contributed by atoms with E-state index in [-0.39, 0.29) is 12.1 Å². The van der Waals surface area contributed by atoms with E-state index in [1.54, 1.807) is 0 Å².